The van der Waals surface area contributed by atoms with Gasteiger partial charge in [0.1, 0.15) is 5.76 Å². The van der Waals surface area contributed by atoms with E-state index in [2.05, 4.69) is 36.9 Å². The molecule has 1 atom stereocenters. The van der Waals surface area contributed by atoms with E-state index < -0.39 is 5.97 Å². The summed E-state index contributed by atoms with van der Waals surface area (Å²) in [5, 5.41) is 8.97. The van der Waals surface area contributed by atoms with Gasteiger partial charge in [-0.2, -0.15) is 0 Å². The van der Waals surface area contributed by atoms with Crippen LogP contribution in [0.5, 0.6) is 0 Å². The maximum Gasteiger partial charge on any atom is 0.371 e. The molecule has 3 rings (SSSR count). The average Bonchev–Trinajstić information content (AvgIpc) is 2.95. The molecule has 0 saturated heterocycles. The maximum absolute atomic E-state index is 10.9. The molecule has 1 N–H and O–H groups in total. The Balaban J connectivity index is 1.92. The van der Waals surface area contributed by atoms with Gasteiger partial charge in [-0.25, -0.2) is 4.79 Å². The zero-order chi connectivity index (χ0) is 15.0. The summed E-state index contributed by atoms with van der Waals surface area (Å²) >= 11 is 0. The van der Waals surface area contributed by atoms with Crippen LogP contribution in [-0.2, 0) is 6.42 Å². The van der Waals surface area contributed by atoms with Crippen LogP contribution >= 0.6 is 0 Å². The van der Waals surface area contributed by atoms with Gasteiger partial charge in [-0.15, -0.1) is 0 Å². The quantitative estimate of drug-likeness (QED) is 0.932. The highest BCUT2D eigenvalue weighted by molar-refractivity contribution is 5.84. The summed E-state index contributed by atoms with van der Waals surface area (Å²) in [6.07, 6.45) is 2.20. The van der Waals surface area contributed by atoms with Gasteiger partial charge in [0.2, 0.25) is 5.76 Å². The van der Waals surface area contributed by atoms with Crippen LogP contribution in [0.25, 0.3) is 0 Å². The molecular formula is C17H19NO3. The Morgan fingerprint density at radius 2 is 2.14 bits per heavy atom. The number of aromatic carboxylic acids is 1. The Bertz CT molecular complexity index is 674. The molecule has 1 aliphatic heterocycles. The Morgan fingerprint density at radius 1 is 1.33 bits per heavy atom. The van der Waals surface area contributed by atoms with E-state index in [1.165, 1.54) is 22.9 Å². The number of hydrogen-bond donors (Lipinski definition) is 1. The number of fused-ring (bicyclic) bond motifs is 1. The van der Waals surface area contributed by atoms with Gasteiger partial charge in [-0.1, -0.05) is 17.7 Å². The van der Waals surface area contributed by atoms with Crippen molar-refractivity contribution in [3.05, 3.63) is 53.0 Å². The molecule has 1 aliphatic rings. The highest BCUT2D eigenvalue weighted by Crippen LogP contribution is 2.35. The third-order valence-corrected chi connectivity index (χ3v) is 4.11. The smallest absolute Gasteiger partial charge is 0.371 e. The van der Waals surface area contributed by atoms with Crippen molar-refractivity contribution in [2.75, 3.05) is 11.4 Å². The maximum atomic E-state index is 10.9. The van der Waals surface area contributed by atoms with E-state index in [4.69, 9.17) is 9.52 Å². The number of hydrogen-bond acceptors (Lipinski definition) is 3. The largest absolute Gasteiger partial charge is 0.475 e. The zero-order valence-corrected chi connectivity index (χ0v) is 12.3. The third kappa shape index (κ3) is 2.53. The lowest BCUT2D eigenvalue weighted by molar-refractivity contribution is 0.0659. The summed E-state index contributed by atoms with van der Waals surface area (Å²) in [5.41, 5.74) is 3.86. The molecular weight excluding hydrogens is 266 g/mol. The molecule has 0 saturated carbocycles. The molecule has 0 spiro atoms. The van der Waals surface area contributed by atoms with E-state index in [0.29, 0.717) is 5.76 Å². The number of carbonyl (C=O) groups is 1. The fourth-order valence-electron chi connectivity index (χ4n) is 3.00. The van der Waals surface area contributed by atoms with Gasteiger partial charge in [-0.05, 0) is 50.5 Å². The van der Waals surface area contributed by atoms with Crippen LogP contribution in [0.1, 0.15) is 46.8 Å². The molecule has 4 heteroatoms. The highest BCUT2D eigenvalue weighted by Gasteiger charge is 2.25. The summed E-state index contributed by atoms with van der Waals surface area (Å²) in [5.74, 6) is -0.332. The van der Waals surface area contributed by atoms with Gasteiger partial charge in [0.05, 0.1) is 6.04 Å². The molecule has 1 aromatic carbocycles. The first-order valence-electron chi connectivity index (χ1n) is 7.25. The highest BCUT2D eigenvalue weighted by atomic mass is 16.4. The van der Waals surface area contributed by atoms with Gasteiger partial charge >= 0.3 is 5.97 Å². The molecule has 110 valence electrons. The van der Waals surface area contributed by atoms with Crippen LogP contribution in [-0.4, -0.2) is 17.6 Å². The minimum atomic E-state index is -1.02. The van der Waals surface area contributed by atoms with Crippen LogP contribution in [0.3, 0.4) is 0 Å². The second-order valence-corrected chi connectivity index (χ2v) is 5.61. The zero-order valence-electron chi connectivity index (χ0n) is 12.3. The summed E-state index contributed by atoms with van der Waals surface area (Å²) in [6.45, 7) is 5.12. The van der Waals surface area contributed by atoms with Crippen molar-refractivity contribution in [3.8, 4) is 0 Å². The standard InChI is InChI=1S/C17H19NO3/c1-11-5-6-14-13(10-11)4-3-9-18(14)12(2)15-7-8-16(21-15)17(19)20/h5-8,10,12H,3-4,9H2,1-2H3,(H,19,20). The molecule has 21 heavy (non-hydrogen) atoms. The van der Waals surface area contributed by atoms with Crippen molar-refractivity contribution in [3.63, 3.8) is 0 Å². The normalized spacial score (nSPS) is 15.6. The number of furan rings is 1. The predicted molar refractivity (Wildman–Crippen MR) is 80.9 cm³/mol. The van der Waals surface area contributed by atoms with Gasteiger partial charge in [0.25, 0.3) is 0 Å². The van der Waals surface area contributed by atoms with Crippen molar-refractivity contribution < 1.29 is 14.3 Å². The van der Waals surface area contributed by atoms with Crippen LogP contribution < -0.4 is 4.90 Å². The van der Waals surface area contributed by atoms with Crippen LogP contribution in [0.15, 0.2) is 34.7 Å². The molecule has 2 heterocycles. The Labute approximate surface area is 124 Å². The topological polar surface area (TPSA) is 53.7 Å². The fourth-order valence-corrected chi connectivity index (χ4v) is 3.00. The number of benzene rings is 1. The van der Waals surface area contributed by atoms with E-state index in [0.717, 1.165) is 19.4 Å². The van der Waals surface area contributed by atoms with Crippen molar-refractivity contribution in [1.82, 2.24) is 0 Å². The van der Waals surface area contributed by atoms with Crippen LogP contribution in [0.2, 0.25) is 0 Å². The van der Waals surface area contributed by atoms with E-state index in [9.17, 15) is 4.79 Å². The van der Waals surface area contributed by atoms with E-state index in [1.807, 2.05) is 0 Å². The molecule has 0 radical (unpaired) electrons. The Morgan fingerprint density at radius 3 is 2.86 bits per heavy atom. The fraction of sp³-hybridized carbons (Fsp3) is 0.353. The van der Waals surface area contributed by atoms with E-state index >= 15 is 0 Å². The number of aryl methyl sites for hydroxylation is 2. The Hall–Kier alpha value is -2.23. The number of rotatable bonds is 3. The summed E-state index contributed by atoms with van der Waals surface area (Å²) in [6, 6.07) is 9.82. The van der Waals surface area contributed by atoms with Crippen LogP contribution in [0.4, 0.5) is 5.69 Å². The molecule has 4 nitrogen and oxygen atoms in total. The minimum absolute atomic E-state index is 0.00186. The molecule has 2 aromatic rings. The van der Waals surface area contributed by atoms with Crippen molar-refractivity contribution in [2.24, 2.45) is 0 Å². The number of carboxylic acids is 1. The SMILES string of the molecule is Cc1ccc2c(c1)CCCN2C(C)c1ccc(C(=O)O)o1. The molecule has 0 fully saturated rings. The molecule has 0 amide bonds. The number of carboxylic acid groups (broad SMARTS) is 1. The Kier molecular flexibility index (Phi) is 3.45. The molecule has 0 aliphatic carbocycles. The monoisotopic (exact) mass is 285 g/mol. The van der Waals surface area contributed by atoms with Crippen molar-refractivity contribution in [1.29, 1.82) is 0 Å². The lowest BCUT2D eigenvalue weighted by atomic mass is 9.98. The van der Waals surface area contributed by atoms with E-state index in [1.54, 1.807) is 6.07 Å². The van der Waals surface area contributed by atoms with Crippen LogP contribution in [0, 0.1) is 6.92 Å². The minimum Gasteiger partial charge on any atom is -0.475 e. The second kappa shape index (κ2) is 5.28. The first-order chi connectivity index (χ1) is 10.1. The molecule has 0 bridgehead atoms. The number of anilines is 1. The first kappa shape index (κ1) is 13.7. The number of nitrogens with zero attached hydrogens (tertiary/aromatic N) is 1. The van der Waals surface area contributed by atoms with Gasteiger partial charge in [0.15, 0.2) is 0 Å². The van der Waals surface area contributed by atoms with Crippen molar-refractivity contribution >= 4 is 11.7 Å². The first-order valence-corrected chi connectivity index (χ1v) is 7.25. The predicted octanol–water partition coefficient (Wildman–Crippen LogP) is 3.80. The van der Waals surface area contributed by atoms with Gasteiger partial charge < -0.3 is 14.4 Å². The van der Waals surface area contributed by atoms with Gasteiger partial charge in [0, 0.05) is 12.2 Å². The lowest BCUT2D eigenvalue weighted by Crippen LogP contribution is -2.31. The second-order valence-electron chi connectivity index (χ2n) is 5.61. The summed E-state index contributed by atoms with van der Waals surface area (Å²) in [7, 11) is 0. The third-order valence-electron chi connectivity index (χ3n) is 4.11. The molecule has 1 aromatic heterocycles. The summed E-state index contributed by atoms with van der Waals surface area (Å²) < 4.78 is 5.46. The molecule has 1 unspecified atom stereocenters. The summed E-state index contributed by atoms with van der Waals surface area (Å²) in [4.78, 5) is 13.2. The lowest BCUT2D eigenvalue weighted by Gasteiger charge is -2.35. The van der Waals surface area contributed by atoms with Crippen molar-refractivity contribution in [2.45, 2.75) is 32.7 Å². The van der Waals surface area contributed by atoms with Gasteiger partial charge in [-0.3, -0.25) is 0 Å². The van der Waals surface area contributed by atoms with E-state index in [-0.39, 0.29) is 11.8 Å². The average molecular weight is 285 g/mol.